The van der Waals surface area contributed by atoms with E-state index in [0.29, 0.717) is 34.5 Å². The maximum absolute atomic E-state index is 13.0. The largest absolute Gasteiger partial charge is 0.479 e. The molecule has 0 saturated heterocycles. The first-order chi connectivity index (χ1) is 18.4. The zero-order valence-electron chi connectivity index (χ0n) is 20.1. The van der Waals surface area contributed by atoms with Crippen LogP contribution in [-0.2, 0) is 17.8 Å². The summed E-state index contributed by atoms with van der Waals surface area (Å²) < 4.78 is 1.64. The van der Waals surface area contributed by atoms with Crippen LogP contribution in [0, 0.1) is 0 Å². The summed E-state index contributed by atoms with van der Waals surface area (Å²) in [6.45, 7) is 0.484. The van der Waals surface area contributed by atoms with Crippen molar-refractivity contribution in [1.29, 1.82) is 0 Å². The fourth-order valence-electron chi connectivity index (χ4n) is 4.30. The molecule has 5 aromatic rings. The van der Waals surface area contributed by atoms with Crippen molar-refractivity contribution >= 4 is 34.4 Å². The van der Waals surface area contributed by atoms with E-state index in [1.54, 1.807) is 53.2 Å². The van der Waals surface area contributed by atoms with E-state index in [2.05, 4.69) is 15.5 Å². The Balaban J connectivity index is 1.30. The average Bonchev–Trinajstić information content (AvgIpc) is 3.32. The minimum absolute atomic E-state index is 0.0543. The third kappa shape index (κ3) is 5.50. The minimum Gasteiger partial charge on any atom is -0.479 e. The molecule has 2 aromatic heterocycles. The Morgan fingerprint density at radius 3 is 2.50 bits per heavy atom. The molecule has 2 heterocycles. The average molecular weight is 527 g/mol. The fourth-order valence-corrected chi connectivity index (χ4v) is 4.47. The second kappa shape index (κ2) is 10.7. The summed E-state index contributed by atoms with van der Waals surface area (Å²) in [6.07, 6.45) is 2.34. The van der Waals surface area contributed by atoms with E-state index in [4.69, 9.17) is 11.6 Å². The second-order valence-electron chi connectivity index (χ2n) is 8.90. The number of aromatic nitrogens is 3. The van der Waals surface area contributed by atoms with Gasteiger partial charge in [0.25, 0.3) is 11.5 Å². The molecule has 3 aromatic carbocycles. The van der Waals surface area contributed by atoms with Crippen LogP contribution < -0.4 is 10.9 Å². The van der Waals surface area contributed by atoms with Crippen LogP contribution in [0.25, 0.3) is 10.9 Å². The van der Waals surface area contributed by atoms with Gasteiger partial charge in [0.2, 0.25) is 0 Å². The molecule has 8 nitrogen and oxygen atoms in total. The number of nitrogens with zero attached hydrogens (tertiary/aromatic N) is 2. The van der Waals surface area contributed by atoms with Crippen molar-refractivity contribution < 1.29 is 14.7 Å². The van der Waals surface area contributed by atoms with Gasteiger partial charge in [-0.1, -0.05) is 54.1 Å². The van der Waals surface area contributed by atoms with Gasteiger partial charge in [0.15, 0.2) is 6.04 Å². The molecule has 1 atom stereocenters. The van der Waals surface area contributed by atoms with E-state index in [9.17, 15) is 19.5 Å². The van der Waals surface area contributed by atoms with Crippen LogP contribution >= 0.6 is 11.6 Å². The summed E-state index contributed by atoms with van der Waals surface area (Å²) in [7, 11) is 0. The number of benzene rings is 3. The van der Waals surface area contributed by atoms with Gasteiger partial charge in [0.1, 0.15) is 0 Å². The number of fused-ring (bicyclic) bond motifs is 1. The van der Waals surface area contributed by atoms with Gasteiger partial charge < -0.3 is 15.0 Å². The lowest BCUT2D eigenvalue weighted by Crippen LogP contribution is -2.34. The summed E-state index contributed by atoms with van der Waals surface area (Å²) in [5.41, 5.74) is 4.02. The monoisotopic (exact) mass is 526 g/mol. The van der Waals surface area contributed by atoms with Crippen molar-refractivity contribution in [2.24, 2.45) is 0 Å². The summed E-state index contributed by atoms with van der Waals surface area (Å²) >= 11 is 6.08. The standard InChI is InChI=1S/C29H23ClN4O4/c30-22-11-12-24-23(16-22)26(33-32-24)27(29(37)38)31-28(36)21-5-3-4-20(15-21)14-18-7-9-19(10-8-18)17-34-13-2-1-6-25(34)35/h1-13,15-16,27H,14,17H2,(H,31,36)(H,32,33)(H,37,38). The van der Waals surface area contributed by atoms with Gasteiger partial charge in [0.05, 0.1) is 17.8 Å². The molecular formula is C29H23ClN4O4. The van der Waals surface area contributed by atoms with Crippen LogP contribution in [0.1, 0.15) is 38.8 Å². The highest BCUT2D eigenvalue weighted by Gasteiger charge is 2.27. The molecule has 0 fully saturated rings. The molecule has 3 N–H and O–H groups in total. The van der Waals surface area contributed by atoms with Crippen molar-refractivity contribution in [3.63, 3.8) is 0 Å². The number of carboxylic acids is 1. The number of carbonyl (C=O) groups is 2. The van der Waals surface area contributed by atoms with Crippen molar-refractivity contribution in [2.75, 3.05) is 0 Å². The van der Waals surface area contributed by atoms with Gasteiger partial charge in [-0.05, 0) is 59.5 Å². The zero-order valence-corrected chi connectivity index (χ0v) is 20.9. The lowest BCUT2D eigenvalue weighted by molar-refractivity contribution is -0.139. The number of nitrogens with one attached hydrogen (secondary N) is 2. The number of hydrogen-bond acceptors (Lipinski definition) is 4. The molecule has 1 amide bonds. The van der Waals surface area contributed by atoms with E-state index in [-0.39, 0.29) is 11.3 Å². The van der Waals surface area contributed by atoms with Crippen molar-refractivity contribution in [3.8, 4) is 0 Å². The normalized spacial score (nSPS) is 11.8. The molecule has 0 spiro atoms. The Kier molecular flexibility index (Phi) is 7.06. The summed E-state index contributed by atoms with van der Waals surface area (Å²) in [4.78, 5) is 37.0. The number of carboxylic acid groups (broad SMARTS) is 1. The van der Waals surface area contributed by atoms with Crippen molar-refractivity contribution in [2.45, 2.75) is 19.0 Å². The molecule has 9 heteroatoms. The minimum atomic E-state index is -1.33. The number of pyridine rings is 1. The van der Waals surface area contributed by atoms with E-state index < -0.39 is 17.9 Å². The lowest BCUT2D eigenvalue weighted by atomic mass is 10.0. The molecule has 1 unspecified atom stereocenters. The van der Waals surface area contributed by atoms with E-state index >= 15 is 0 Å². The molecule has 0 radical (unpaired) electrons. The topological polar surface area (TPSA) is 117 Å². The van der Waals surface area contributed by atoms with E-state index in [1.165, 1.54) is 6.07 Å². The summed E-state index contributed by atoms with van der Waals surface area (Å²) in [6, 6.07) is 23.7. The SMILES string of the molecule is O=C(NC(C(=O)O)c1[nH]nc2ccc(Cl)cc12)c1cccc(Cc2ccc(Cn3ccccc3=O)cc2)c1. The van der Waals surface area contributed by atoms with E-state index in [0.717, 1.165) is 16.7 Å². The van der Waals surface area contributed by atoms with Gasteiger partial charge in [0, 0.05) is 28.2 Å². The van der Waals surface area contributed by atoms with Crippen LogP contribution in [-0.4, -0.2) is 31.7 Å². The number of carbonyl (C=O) groups excluding carboxylic acids is 1. The maximum Gasteiger partial charge on any atom is 0.332 e. The Hall–Kier alpha value is -4.69. The molecule has 0 aliphatic rings. The summed E-state index contributed by atoms with van der Waals surface area (Å²) in [5.74, 6) is -1.74. The first-order valence-corrected chi connectivity index (χ1v) is 12.2. The summed E-state index contributed by atoms with van der Waals surface area (Å²) in [5, 5.41) is 20.2. The Morgan fingerprint density at radius 1 is 0.947 bits per heavy atom. The first kappa shape index (κ1) is 25.0. The predicted molar refractivity (Wildman–Crippen MR) is 144 cm³/mol. The molecule has 0 aliphatic heterocycles. The van der Waals surface area contributed by atoms with Crippen LogP contribution in [0.4, 0.5) is 0 Å². The quantitative estimate of drug-likeness (QED) is 0.274. The van der Waals surface area contributed by atoms with Gasteiger partial charge in [-0.3, -0.25) is 14.7 Å². The zero-order chi connectivity index (χ0) is 26.6. The number of aliphatic carboxylic acids is 1. The van der Waals surface area contributed by atoms with E-state index in [1.807, 2.05) is 36.4 Å². The first-order valence-electron chi connectivity index (χ1n) is 11.9. The molecule has 0 saturated carbocycles. The van der Waals surface area contributed by atoms with Crippen molar-refractivity contribution in [1.82, 2.24) is 20.1 Å². The number of amides is 1. The van der Waals surface area contributed by atoms with Gasteiger partial charge >= 0.3 is 5.97 Å². The smallest absolute Gasteiger partial charge is 0.332 e. The van der Waals surface area contributed by atoms with Gasteiger partial charge in [-0.2, -0.15) is 5.10 Å². The molecular weight excluding hydrogens is 504 g/mol. The number of hydrogen-bond donors (Lipinski definition) is 3. The number of rotatable bonds is 8. The Morgan fingerprint density at radius 2 is 1.74 bits per heavy atom. The number of aromatic amines is 1. The lowest BCUT2D eigenvalue weighted by Gasteiger charge is -2.14. The second-order valence-corrected chi connectivity index (χ2v) is 9.34. The predicted octanol–water partition coefficient (Wildman–Crippen LogP) is 4.57. The number of halogens is 1. The molecule has 190 valence electrons. The Labute approximate surface area is 222 Å². The maximum atomic E-state index is 13.0. The van der Waals surface area contributed by atoms with Gasteiger partial charge in [-0.25, -0.2) is 4.79 Å². The third-order valence-electron chi connectivity index (χ3n) is 6.23. The van der Waals surface area contributed by atoms with Crippen LogP contribution in [0.2, 0.25) is 5.02 Å². The van der Waals surface area contributed by atoms with Crippen LogP contribution in [0.15, 0.2) is 95.9 Å². The highest BCUT2D eigenvalue weighted by Crippen LogP contribution is 2.25. The third-order valence-corrected chi connectivity index (χ3v) is 6.46. The Bertz CT molecular complexity index is 1690. The molecule has 5 rings (SSSR count). The molecule has 38 heavy (non-hydrogen) atoms. The van der Waals surface area contributed by atoms with Crippen LogP contribution in [0.5, 0.6) is 0 Å². The van der Waals surface area contributed by atoms with Gasteiger partial charge in [-0.15, -0.1) is 0 Å². The fraction of sp³-hybridized carbons (Fsp3) is 0.103. The highest BCUT2D eigenvalue weighted by molar-refractivity contribution is 6.31. The number of H-pyrrole nitrogens is 1. The molecule has 0 aliphatic carbocycles. The van der Waals surface area contributed by atoms with Crippen molar-refractivity contribution in [3.05, 3.63) is 134 Å². The van der Waals surface area contributed by atoms with Crippen LogP contribution in [0.3, 0.4) is 0 Å². The molecule has 0 bridgehead atoms. The highest BCUT2D eigenvalue weighted by atomic mass is 35.5.